The summed E-state index contributed by atoms with van der Waals surface area (Å²) in [6.07, 6.45) is 11.2. The second-order valence-corrected chi connectivity index (χ2v) is 17.5. The van der Waals surface area contributed by atoms with Crippen molar-refractivity contribution in [2.45, 2.75) is 119 Å². The summed E-state index contributed by atoms with van der Waals surface area (Å²) >= 11 is 3.03. The fourth-order valence-electron chi connectivity index (χ4n) is 8.42. The highest BCUT2D eigenvalue weighted by atomic mass is 32.1. The highest BCUT2D eigenvalue weighted by molar-refractivity contribution is 7.18. The van der Waals surface area contributed by atoms with Gasteiger partial charge in [-0.3, -0.25) is 19.2 Å². The minimum Gasteiger partial charge on any atom is -0.340 e. The lowest BCUT2D eigenvalue weighted by Gasteiger charge is -2.17. The third kappa shape index (κ3) is 7.34. The normalized spacial score (nSPS) is 11.8. The second-order valence-electron chi connectivity index (χ2n) is 15.3. The number of benzene rings is 3. The smallest absolute Gasteiger partial charge is 0.169 e. The van der Waals surface area contributed by atoms with Gasteiger partial charge in [-0.15, -0.1) is 22.7 Å². The van der Waals surface area contributed by atoms with Crippen LogP contribution < -0.4 is 0 Å². The first kappa shape index (κ1) is 39.6. The van der Waals surface area contributed by atoms with E-state index in [1.807, 2.05) is 24.3 Å². The van der Waals surface area contributed by atoms with Crippen LogP contribution in [0.25, 0.3) is 64.5 Å². The summed E-state index contributed by atoms with van der Waals surface area (Å²) in [4.78, 5) is 55.2. The lowest BCUT2D eigenvalue weighted by Crippen LogP contribution is -2.02. The zero-order valence-corrected chi connectivity index (χ0v) is 35.2. The second kappa shape index (κ2) is 16.8. The molecule has 0 N–H and O–H groups in total. The Bertz CT molecular complexity index is 2460. The molecule has 0 aliphatic rings. The maximum atomic E-state index is 13.1. The molecule has 7 rings (SSSR count). The zero-order chi connectivity index (χ0) is 39.7. The van der Waals surface area contributed by atoms with Gasteiger partial charge in [0.2, 0.25) is 0 Å². The van der Waals surface area contributed by atoms with Gasteiger partial charge in [0.15, 0.2) is 23.1 Å². The monoisotopic (exact) mass is 784 g/mol. The van der Waals surface area contributed by atoms with Crippen LogP contribution in [0.15, 0.2) is 60.7 Å². The Hall–Kier alpha value is -4.66. The summed E-state index contributed by atoms with van der Waals surface area (Å²) in [6, 6.07) is 20.3. The largest absolute Gasteiger partial charge is 0.340 e. The van der Waals surface area contributed by atoms with Crippen LogP contribution in [-0.2, 0) is 13.1 Å². The van der Waals surface area contributed by atoms with Crippen molar-refractivity contribution in [3.05, 3.63) is 81.5 Å². The van der Waals surface area contributed by atoms with E-state index in [4.69, 9.17) is 0 Å². The first-order valence-corrected chi connectivity index (χ1v) is 22.0. The molecule has 0 saturated carbocycles. The summed E-state index contributed by atoms with van der Waals surface area (Å²) in [5.41, 5.74) is 7.63. The van der Waals surface area contributed by atoms with E-state index in [1.165, 1.54) is 61.2 Å². The van der Waals surface area contributed by atoms with Crippen molar-refractivity contribution in [2.75, 3.05) is 0 Å². The lowest BCUT2D eigenvalue weighted by atomic mass is 9.94. The van der Waals surface area contributed by atoms with E-state index < -0.39 is 0 Å². The maximum Gasteiger partial charge on any atom is 0.169 e. The van der Waals surface area contributed by atoms with Crippen molar-refractivity contribution in [1.29, 1.82) is 0 Å². The summed E-state index contributed by atoms with van der Waals surface area (Å²) in [5.74, 6) is 0.0633. The Labute approximate surface area is 337 Å². The van der Waals surface area contributed by atoms with Gasteiger partial charge in [0.25, 0.3) is 0 Å². The number of unbranched alkanes of at least 4 members (excludes halogenated alkanes) is 8. The molecular weight excluding hydrogens is 733 g/mol. The van der Waals surface area contributed by atoms with Crippen LogP contribution in [0.5, 0.6) is 0 Å². The van der Waals surface area contributed by atoms with Crippen molar-refractivity contribution in [3.63, 3.8) is 0 Å². The molecule has 0 unspecified atom stereocenters. The van der Waals surface area contributed by atoms with Gasteiger partial charge in [0, 0.05) is 77.7 Å². The predicted molar refractivity (Wildman–Crippen MR) is 237 cm³/mol. The van der Waals surface area contributed by atoms with Crippen molar-refractivity contribution in [2.24, 2.45) is 0 Å². The topological polar surface area (TPSA) is 78.1 Å². The number of carbonyl (C=O) groups excluding carboxylic acids is 4. The van der Waals surface area contributed by atoms with Gasteiger partial charge in [-0.2, -0.15) is 0 Å². The molecule has 8 heteroatoms. The summed E-state index contributed by atoms with van der Waals surface area (Å²) in [5, 5.41) is 4.11. The molecule has 290 valence electrons. The number of carbonyl (C=O) groups is 4. The molecule has 0 amide bonds. The van der Waals surface area contributed by atoms with Gasteiger partial charge in [-0.05, 0) is 101 Å². The Morgan fingerprint density at radius 1 is 0.482 bits per heavy atom. The van der Waals surface area contributed by atoms with Crippen LogP contribution in [0, 0.1) is 0 Å². The lowest BCUT2D eigenvalue weighted by molar-refractivity contribution is 0.100. The number of nitrogens with zero attached hydrogens (tertiary/aromatic N) is 2. The molecular formula is C48H52N2O4S2. The van der Waals surface area contributed by atoms with Crippen molar-refractivity contribution in [1.82, 2.24) is 9.13 Å². The average molecular weight is 785 g/mol. The molecule has 4 heterocycles. The molecule has 7 aromatic rings. The Balaban J connectivity index is 1.73. The average Bonchev–Trinajstić information content (AvgIpc) is 3.98. The number of Topliss-reactive ketones (excluding diaryl/α,β-unsaturated/α-hetero) is 4. The number of fused-ring (bicyclic) bond motifs is 6. The molecule has 0 saturated heterocycles. The van der Waals surface area contributed by atoms with Gasteiger partial charge in [-0.1, -0.05) is 65.2 Å². The molecule has 0 fully saturated rings. The minimum atomic E-state index is 0.00696. The highest BCUT2D eigenvalue weighted by Crippen LogP contribution is 2.53. The summed E-state index contributed by atoms with van der Waals surface area (Å²) in [6.45, 7) is 12.5. The van der Waals surface area contributed by atoms with Crippen LogP contribution in [-0.4, -0.2) is 32.3 Å². The number of hydrogen-bond donors (Lipinski definition) is 0. The van der Waals surface area contributed by atoms with Crippen LogP contribution in [0.4, 0.5) is 0 Å². The summed E-state index contributed by atoms with van der Waals surface area (Å²) < 4.78 is 4.91. The minimum absolute atomic E-state index is 0.00696. The van der Waals surface area contributed by atoms with E-state index in [2.05, 4.69) is 59.4 Å². The quantitative estimate of drug-likeness (QED) is 0.0641. The third-order valence-electron chi connectivity index (χ3n) is 11.3. The van der Waals surface area contributed by atoms with Gasteiger partial charge >= 0.3 is 0 Å². The van der Waals surface area contributed by atoms with E-state index in [-0.39, 0.29) is 23.1 Å². The SMILES string of the molecule is CCCCCCCn1c2ccc(C(C)=O)cc2c2c(-c3ccc(C(C)=O)s3)c3c(c(-c4ccc(C(C)=O)s4)c21)c1cc(C(C)=O)ccc1n3CCCCCCC. The van der Waals surface area contributed by atoms with E-state index in [0.717, 1.165) is 103 Å². The van der Waals surface area contributed by atoms with Gasteiger partial charge < -0.3 is 9.13 Å². The number of thiophene rings is 2. The van der Waals surface area contributed by atoms with Crippen LogP contribution in [0.3, 0.4) is 0 Å². The first-order chi connectivity index (χ1) is 27.0. The Kier molecular flexibility index (Phi) is 11.9. The van der Waals surface area contributed by atoms with Gasteiger partial charge in [-0.25, -0.2) is 0 Å². The Morgan fingerprint density at radius 3 is 1.21 bits per heavy atom. The number of aryl methyl sites for hydroxylation is 2. The number of ketones is 4. The Morgan fingerprint density at radius 2 is 0.875 bits per heavy atom. The molecule has 3 aromatic carbocycles. The van der Waals surface area contributed by atoms with Crippen LogP contribution in [0.1, 0.15) is 146 Å². The molecule has 0 spiro atoms. The number of hydrogen-bond acceptors (Lipinski definition) is 6. The number of rotatable bonds is 18. The third-order valence-corrected chi connectivity index (χ3v) is 13.7. The standard InChI is InChI=1S/C48H52N2O4S2/c1-7-9-11-13-15-25-49-37-19-17-33(29(3)51)27-35(37)43-46(42-24-22-40(56-42)32(6)54)48-44(45(47(43)49)41-23-21-39(55-41)31(5)53)36-28-34(30(4)52)18-20-38(36)50(48)26-16-14-12-10-8-2/h17-24,27-28H,7-16,25-26H2,1-6H3. The molecule has 6 nitrogen and oxygen atoms in total. The van der Waals surface area contributed by atoms with Crippen LogP contribution in [0.2, 0.25) is 0 Å². The van der Waals surface area contributed by atoms with Crippen molar-refractivity contribution in [3.8, 4) is 20.9 Å². The van der Waals surface area contributed by atoms with Crippen LogP contribution >= 0.6 is 22.7 Å². The molecule has 0 aliphatic carbocycles. The van der Waals surface area contributed by atoms with Gasteiger partial charge in [0.1, 0.15) is 0 Å². The molecule has 0 radical (unpaired) electrons. The van der Waals surface area contributed by atoms with Crippen molar-refractivity contribution >= 4 is 89.4 Å². The maximum absolute atomic E-state index is 13.1. The van der Waals surface area contributed by atoms with E-state index >= 15 is 0 Å². The molecule has 0 atom stereocenters. The van der Waals surface area contributed by atoms with E-state index in [1.54, 1.807) is 27.7 Å². The molecule has 4 aromatic heterocycles. The van der Waals surface area contributed by atoms with Crippen molar-refractivity contribution < 1.29 is 19.2 Å². The molecule has 0 bridgehead atoms. The highest BCUT2D eigenvalue weighted by Gasteiger charge is 2.30. The van der Waals surface area contributed by atoms with E-state index in [0.29, 0.717) is 20.9 Å². The molecule has 0 aliphatic heterocycles. The van der Waals surface area contributed by atoms with Gasteiger partial charge in [0.05, 0.1) is 20.8 Å². The predicted octanol–water partition coefficient (Wildman–Crippen LogP) is 14.1. The fraction of sp³-hybridized carbons (Fsp3) is 0.375. The number of aromatic nitrogens is 2. The molecule has 56 heavy (non-hydrogen) atoms. The zero-order valence-electron chi connectivity index (χ0n) is 33.6. The van der Waals surface area contributed by atoms with E-state index in [9.17, 15) is 19.2 Å². The fourth-order valence-corrected chi connectivity index (χ4v) is 10.3. The first-order valence-electron chi connectivity index (χ1n) is 20.4. The summed E-state index contributed by atoms with van der Waals surface area (Å²) in [7, 11) is 0.